The van der Waals surface area contributed by atoms with Crippen molar-refractivity contribution in [1.29, 1.82) is 0 Å². The van der Waals surface area contributed by atoms with E-state index in [0.717, 1.165) is 42.9 Å². The molecule has 0 spiro atoms. The number of piperidine rings is 1. The summed E-state index contributed by atoms with van der Waals surface area (Å²) < 4.78 is 0. The second-order valence-corrected chi connectivity index (χ2v) is 5.97. The van der Waals surface area contributed by atoms with Crippen molar-refractivity contribution in [2.75, 3.05) is 13.1 Å². The average Bonchev–Trinajstić information content (AvgIpc) is 3.01. The molecular weight excluding hydrogens is 270 g/mol. The quantitative estimate of drug-likeness (QED) is 0.853. The predicted molar refractivity (Wildman–Crippen MR) is 79.0 cm³/mol. The van der Waals surface area contributed by atoms with E-state index in [4.69, 9.17) is 0 Å². The summed E-state index contributed by atoms with van der Waals surface area (Å²) in [5.74, 6) is 0.440. The number of rotatable bonds is 2. The van der Waals surface area contributed by atoms with Gasteiger partial charge in [-0.2, -0.15) is 11.3 Å². The highest BCUT2D eigenvalue weighted by molar-refractivity contribution is 7.08. The lowest BCUT2D eigenvalue weighted by Gasteiger charge is -2.32. The highest BCUT2D eigenvalue weighted by atomic mass is 32.1. The molecule has 5 heteroatoms. The number of aryl methyl sites for hydroxylation is 1. The molecule has 0 bridgehead atoms. The molecule has 0 N–H and O–H groups in total. The highest BCUT2D eigenvalue weighted by Gasteiger charge is 2.26. The minimum atomic E-state index is 0.136. The van der Waals surface area contributed by atoms with E-state index in [-0.39, 0.29) is 5.91 Å². The van der Waals surface area contributed by atoms with Crippen LogP contribution in [-0.4, -0.2) is 33.9 Å². The van der Waals surface area contributed by atoms with Crippen LogP contribution in [0.15, 0.2) is 29.2 Å². The Morgan fingerprint density at radius 1 is 1.45 bits per heavy atom. The van der Waals surface area contributed by atoms with Crippen molar-refractivity contribution in [2.45, 2.75) is 25.7 Å². The zero-order chi connectivity index (χ0) is 13.9. The van der Waals surface area contributed by atoms with Gasteiger partial charge in [0, 0.05) is 36.8 Å². The van der Waals surface area contributed by atoms with Gasteiger partial charge in [-0.15, -0.1) is 0 Å². The molecule has 1 fully saturated rings. The highest BCUT2D eigenvalue weighted by Crippen LogP contribution is 2.26. The van der Waals surface area contributed by atoms with Crippen LogP contribution in [0.1, 0.15) is 40.5 Å². The Labute approximate surface area is 122 Å². The van der Waals surface area contributed by atoms with Gasteiger partial charge in [0.15, 0.2) is 0 Å². The Hall–Kier alpha value is -1.75. The van der Waals surface area contributed by atoms with E-state index in [1.165, 1.54) is 0 Å². The minimum absolute atomic E-state index is 0.136. The number of likely N-dealkylation sites (tertiary alicyclic amines) is 1. The molecule has 0 aliphatic carbocycles. The Kier molecular flexibility index (Phi) is 3.78. The molecule has 0 aromatic carbocycles. The van der Waals surface area contributed by atoms with E-state index in [9.17, 15) is 4.79 Å². The zero-order valence-corrected chi connectivity index (χ0v) is 12.3. The van der Waals surface area contributed by atoms with E-state index in [1.54, 1.807) is 17.5 Å². The summed E-state index contributed by atoms with van der Waals surface area (Å²) in [6.07, 6.45) is 5.69. The van der Waals surface area contributed by atoms with Crippen molar-refractivity contribution in [3.63, 3.8) is 0 Å². The Balaban J connectivity index is 1.75. The summed E-state index contributed by atoms with van der Waals surface area (Å²) in [6.45, 7) is 3.53. The van der Waals surface area contributed by atoms with Crippen LogP contribution in [-0.2, 0) is 0 Å². The van der Waals surface area contributed by atoms with Crippen molar-refractivity contribution in [2.24, 2.45) is 0 Å². The third kappa shape index (κ3) is 2.72. The number of carbonyl (C=O) groups excluding carboxylic acids is 1. The molecule has 20 heavy (non-hydrogen) atoms. The first-order chi connectivity index (χ1) is 9.74. The third-order valence-corrected chi connectivity index (χ3v) is 4.35. The van der Waals surface area contributed by atoms with Gasteiger partial charge in [-0.05, 0) is 31.2 Å². The van der Waals surface area contributed by atoms with Crippen molar-refractivity contribution < 1.29 is 4.79 Å². The molecule has 1 aliphatic rings. The van der Waals surface area contributed by atoms with E-state index in [0.29, 0.717) is 5.92 Å². The first-order valence-electron chi connectivity index (χ1n) is 6.84. The molecule has 0 unspecified atom stereocenters. The van der Waals surface area contributed by atoms with Crippen molar-refractivity contribution in [3.8, 4) is 0 Å². The van der Waals surface area contributed by atoms with Crippen LogP contribution in [0.4, 0.5) is 0 Å². The van der Waals surface area contributed by atoms with Crippen LogP contribution in [0.2, 0.25) is 0 Å². The van der Waals surface area contributed by atoms with E-state index in [1.807, 2.05) is 34.8 Å². The maximum absolute atomic E-state index is 12.4. The molecule has 1 amide bonds. The molecule has 2 aromatic heterocycles. The summed E-state index contributed by atoms with van der Waals surface area (Å²) in [7, 11) is 0. The lowest BCUT2D eigenvalue weighted by atomic mass is 9.94. The molecular formula is C15H17N3OS. The average molecular weight is 287 g/mol. The van der Waals surface area contributed by atoms with Gasteiger partial charge in [-0.3, -0.25) is 14.8 Å². The Morgan fingerprint density at radius 2 is 2.35 bits per heavy atom. The van der Waals surface area contributed by atoms with Crippen LogP contribution >= 0.6 is 11.3 Å². The maximum atomic E-state index is 12.4. The second kappa shape index (κ2) is 5.71. The Morgan fingerprint density at radius 3 is 3.10 bits per heavy atom. The van der Waals surface area contributed by atoms with Gasteiger partial charge in [-0.1, -0.05) is 0 Å². The summed E-state index contributed by atoms with van der Waals surface area (Å²) in [4.78, 5) is 23.1. The standard InChI is InChI=1S/C15H17N3OS/c1-11-7-16-8-14(17-11)12-3-2-5-18(9-12)15(19)13-4-6-20-10-13/h4,6-8,10,12H,2-3,5,9H2,1H3/t12-/m1/s1. The molecule has 1 aliphatic heterocycles. The fourth-order valence-corrected chi connectivity index (χ4v) is 3.28. The SMILES string of the molecule is Cc1cncc([C@@H]2CCCN(C(=O)c3ccsc3)C2)n1. The molecule has 1 atom stereocenters. The number of thiophene rings is 1. The third-order valence-electron chi connectivity index (χ3n) is 3.67. The molecule has 2 aromatic rings. The molecule has 104 valence electrons. The van der Waals surface area contributed by atoms with Gasteiger partial charge in [0.25, 0.3) is 5.91 Å². The lowest BCUT2D eigenvalue weighted by molar-refractivity contribution is 0.0706. The summed E-state index contributed by atoms with van der Waals surface area (Å²) >= 11 is 1.56. The van der Waals surface area contributed by atoms with E-state index < -0.39 is 0 Å². The van der Waals surface area contributed by atoms with Gasteiger partial charge in [-0.25, -0.2) is 0 Å². The number of nitrogens with zero attached hydrogens (tertiary/aromatic N) is 3. The number of amides is 1. The molecule has 0 radical (unpaired) electrons. The number of hydrogen-bond donors (Lipinski definition) is 0. The minimum Gasteiger partial charge on any atom is -0.338 e. The van der Waals surface area contributed by atoms with E-state index in [2.05, 4.69) is 9.97 Å². The first kappa shape index (κ1) is 13.2. The largest absolute Gasteiger partial charge is 0.338 e. The van der Waals surface area contributed by atoms with E-state index >= 15 is 0 Å². The fraction of sp³-hybridized carbons (Fsp3) is 0.400. The van der Waals surface area contributed by atoms with Crippen molar-refractivity contribution >= 4 is 17.2 Å². The maximum Gasteiger partial charge on any atom is 0.254 e. The monoisotopic (exact) mass is 287 g/mol. The smallest absolute Gasteiger partial charge is 0.254 e. The molecule has 3 rings (SSSR count). The van der Waals surface area contributed by atoms with Crippen LogP contribution in [0.25, 0.3) is 0 Å². The van der Waals surface area contributed by atoms with Gasteiger partial charge in [0.05, 0.1) is 17.0 Å². The Bertz CT molecular complexity index is 597. The number of carbonyl (C=O) groups is 1. The van der Waals surface area contributed by atoms with Gasteiger partial charge < -0.3 is 4.90 Å². The van der Waals surface area contributed by atoms with Crippen LogP contribution in [0.3, 0.4) is 0 Å². The first-order valence-corrected chi connectivity index (χ1v) is 7.78. The van der Waals surface area contributed by atoms with Gasteiger partial charge in [0.1, 0.15) is 0 Å². The molecule has 3 heterocycles. The number of aromatic nitrogens is 2. The summed E-state index contributed by atoms with van der Waals surface area (Å²) in [5.41, 5.74) is 2.74. The van der Waals surface area contributed by atoms with Crippen LogP contribution in [0.5, 0.6) is 0 Å². The van der Waals surface area contributed by atoms with Crippen molar-refractivity contribution in [3.05, 3.63) is 46.2 Å². The zero-order valence-electron chi connectivity index (χ0n) is 11.5. The number of hydrogen-bond acceptors (Lipinski definition) is 4. The van der Waals surface area contributed by atoms with Crippen LogP contribution < -0.4 is 0 Å². The topological polar surface area (TPSA) is 46.1 Å². The van der Waals surface area contributed by atoms with Gasteiger partial charge >= 0.3 is 0 Å². The molecule has 0 saturated carbocycles. The lowest BCUT2D eigenvalue weighted by Crippen LogP contribution is -2.39. The summed E-state index contributed by atoms with van der Waals surface area (Å²) in [5, 5.41) is 3.86. The predicted octanol–water partition coefficient (Wildman–Crippen LogP) is 2.87. The normalized spacial score (nSPS) is 19.1. The van der Waals surface area contributed by atoms with Crippen LogP contribution in [0, 0.1) is 6.92 Å². The molecule has 4 nitrogen and oxygen atoms in total. The fourth-order valence-electron chi connectivity index (χ4n) is 2.65. The van der Waals surface area contributed by atoms with Gasteiger partial charge in [0.2, 0.25) is 0 Å². The molecule has 1 saturated heterocycles. The van der Waals surface area contributed by atoms with Crippen molar-refractivity contribution in [1.82, 2.24) is 14.9 Å². The second-order valence-electron chi connectivity index (χ2n) is 5.19. The summed E-state index contributed by atoms with van der Waals surface area (Å²) in [6, 6.07) is 1.89.